The third-order valence-electron chi connectivity index (χ3n) is 3.04. The van der Waals surface area contributed by atoms with Gasteiger partial charge in [-0.15, -0.1) is 0 Å². The highest BCUT2D eigenvalue weighted by atomic mass is 35.7. The Bertz CT molecular complexity index is 691. The van der Waals surface area contributed by atoms with Gasteiger partial charge in [0.05, 0.1) is 4.90 Å². The van der Waals surface area contributed by atoms with E-state index >= 15 is 0 Å². The van der Waals surface area contributed by atoms with Gasteiger partial charge in [0.2, 0.25) is 0 Å². The van der Waals surface area contributed by atoms with Gasteiger partial charge in [-0.3, -0.25) is 0 Å². The van der Waals surface area contributed by atoms with E-state index in [2.05, 4.69) is 0 Å². The minimum atomic E-state index is -3.74. The largest absolute Gasteiger partial charge is 0.261 e. The topological polar surface area (TPSA) is 34.1 Å². The fourth-order valence-electron chi connectivity index (χ4n) is 1.94. The zero-order chi connectivity index (χ0) is 13.3. The van der Waals surface area contributed by atoms with Gasteiger partial charge in [-0.25, -0.2) is 8.42 Å². The molecule has 2 aromatic carbocycles. The van der Waals surface area contributed by atoms with E-state index in [1.807, 2.05) is 38.1 Å². The van der Waals surface area contributed by atoms with Crippen molar-refractivity contribution in [2.24, 2.45) is 0 Å². The third kappa shape index (κ3) is 2.42. The van der Waals surface area contributed by atoms with Crippen LogP contribution in [0.3, 0.4) is 0 Å². The molecule has 0 unspecified atom stereocenters. The van der Waals surface area contributed by atoms with Gasteiger partial charge < -0.3 is 0 Å². The lowest BCUT2D eigenvalue weighted by Crippen LogP contribution is -1.96. The Labute approximate surface area is 112 Å². The molecule has 0 N–H and O–H groups in total. The average Bonchev–Trinajstić information content (AvgIpc) is 2.32. The quantitative estimate of drug-likeness (QED) is 0.782. The van der Waals surface area contributed by atoms with Gasteiger partial charge in [0.1, 0.15) is 0 Å². The van der Waals surface area contributed by atoms with Gasteiger partial charge in [0, 0.05) is 16.2 Å². The summed E-state index contributed by atoms with van der Waals surface area (Å²) in [6.07, 6.45) is 0. The number of hydrogen-bond donors (Lipinski definition) is 0. The van der Waals surface area contributed by atoms with E-state index in [0.29, 0.717) is 5.56 Å². The Morgan fingerprint density at radius 2 is 1.50 bits per heavy atom. The zero-order valence-electron chi connectivity index (χ0n) is 10.1. The first-order valence-corrected chi connectivity index (χ1v) is 7.82. The van der Waals surface area contributed by atoms with E-state index in [1.54, 1.807) is 12.1 Å². The molecule has 0 fully saturated rings. The van der Waals surface area contributed by atoms with Gasteiger partial charge in [0.25, 0.3) is 9.05 Å². The van der Waals surface area contributed by atoms with Crippen LogP contribution in [0.4, 0.5) is 0 Å². The number of hydrogen-bond acceptors (Lipinski definition) is 2. The number of benzene rings is 2. The van der Waals surface area contributed by atoms with Crippen molar-refractivity contribution >= 4 is 19.7 Å². The van der Waals surface area contributed by atoms with Crippen LogP contribution in [-0.2, 0) is 9.05 Å². The second kappa shape index (κ2) is 4.75. The molecule has 4 heteroatoms. The molecule has 0 heterocycles. The highest BCUT2D eigenvalue weighted by Gasteiger charge is 2.17. The van der Waals surface area contributed by atoms with Crippen molar-refractivity contribution < 1.29 is 8.42 Å². The van der Waals surface area contributed by atoms with Gasteiger partial charge in [-0.2, -0.15) is 0 Å². The molecule has 0 radical (unpaired) electrons. The highest BCUT2D eigenvalue weighted by Crippen LogP contribution is 2.32. The van der Waals surface area contributed by atoms with E-state index in [1.165, 1.54) is 6.07 Å². The standard InChI is InChI=1S/C14H13ClO2S/c1-10-6-5-8-12(11(10)2)13-7-3-4-9-14(13)18(15,16)17/h3-9H,1-2H3. The smallest absolute Gasteiger partial charge is 0.207 e. The molecule has 2 rings (SSSR count). The monoisotopic (exact) mass is 280 g/mol. The van der Waals surface area contributed by atoms with Crippen LogP contribution in [0, 0.1) is 13.8 Å². The summed E-state index contributed by atoms with van der Waals surface area (Å²) in [7, 11) is 1.74. The first-order valence-electron chi connectivity index (χ1n) is 5.51. The van der Waals surface area contributed by atoms with Crippen molar-refractivity contribution in [2.45, 2.75) is 18.7 Å². The van der Waals surface area contributed by atoms with E-state index < -0.39 is 9.05 Å². The SMILES string of the molecule is Cc1cccc(-c2ccccc2S(=O)(=O)Cl)c1C. The maximum Gasteiger partial charge on any atom is 0.261 e. The van der Waals surface area contributed by atoms with E-state index in [4.69, 9.17) is 10.7 Å². The van der Waals surface area contributed by atoms with Gasteiger partial charge >= 0.3 is 0 Å². The van der Waals surface area contributed by atoms with Crippen LogP contribution < -0.4 is 0 Å². The summed E-state index contributed by atoms with van der Waals surface area (Å²) < 4.78 is 23.2. The highest BCUT2D eigenvalue weighted by molar-refractivity contribution is 8.13. The Morgan fingerprint density at radius 3 is 2.17 bits per heavy atom. The first kappa shape index (κ1) is 13.1. The minimum Gasteiger partial charge on any atom is -0.207 e. The molecule has 0 aliphatic carbocycles. The molecule has 0 saturated carbocycles. The van der Waals surface area contributed by atoms with Gasteiger partial charge in [0.15, 0.2) is 0 Å². The number of aryl methyl sites for hydroxylation is 1. The molecule has 18 heavy (non-hydrogen) atoms. The van der Waals surface area contributed by atoms with Crippen molar-refractivity contribution in [3.8, 4) is 11.1 Å². The molecule has 0 aliphatic rings. The summed E-state index contributed by atoms with van der Waals surface area (Å²) in [5.41, 5.74) is 3.73. The second-order valence-electron chi connectivity index (χ2n) is 4.18. The summed E-state index contributed by atoms with van der Waals surface area (Å²) in [6.45, 7) is 3.97. The van der Waals surface area contributed by atoms with Crippen molar-refractivity contribution in [3.63, 3.8) is 0 Å². The lowest BCUT2D eigenvalue weighted by molar-refractivity contribution is 0.610. The third-order valence-corrected chi connectivity index (χ3v) is 4.42. The zero-order valence-corrected chi connectivity index (χ0v) is 11.7. The van der Waals surface area contributed by atoms with Crippen LogP contribution in [0.5, 0.6) is 0 Å². The fraction of sp³-hybridized carbons (Fsp3) is 0.143. The molecule has 0 saturated heterocycles. The van der Waals surface area contributed by atoms with Crippen molar-refractivity contribution in [2.75, 3.05) is 0 Å². The van der Waals surface area contributed by atoms with Crippen LogP contribution in [0.1, 0.15) is 11.1 Å². The maximum absolute atomic E-state index is 11.6. The van der Waals surface area contributed by atoms with Crippen molar-refractivity contribution in [3.05, 3.63) is 53.6 Å². The number of halogens is 1. The van der Waals surface area contributed by atoms with E-state index in [9.17, 15) is 8.42 Å². The predicted molar refractivity (Wildman–Crippen MR) is 74.4 cm³/mol. The Kier molecular flexibility index (Phi) is 3.46. The number of rotatable bonds is 2. The molecule has 0 aromatic heterocycles. The van der Waals surface area contributed by atoms with Crippen LogP contribution in [0.25, 0.3) is 11.1 Å². The Balaban J connectivity index is 2.77. The van der Waals surface area contributed by atoms with Crippen molar-refractivity contribution in [1.29, 1.82) is 0 Å². The second-order valence-corrected chi connectivity index (χ2v) is 6.72. The van der Waals surface area contributed by atoms with Crippen LogP contribution >= 0.6 is 10.7 Å². The first-order chi connectivity index (χ1) is 8.41. The molecule has 2 aromatic rings. The lowest BCUT2D eigenvalue weighted by atomic mass is 9.97. The summed E-state index contributed by atoms with van der Waals surface area (Å²) >= 11 is 0. The molecular formula is C14H13ClO2S. The van der Waals surface area contributed by atoms with Gasteiger partial charge in [-0.05, 0) is 36.6 Å². The summed E-state index contributed by atoms with van der Waals surface area (Å²) in [5, 5.41) is 0. The van der Waals surface area contributed by atoms with E-state index in [0.717, 1.165) is 16.7 Å². The molecule has 0 aliphatic heterocycles. The Morgan fingerprint density at radius 1 is 0.889 bits per heavy atom. The van der Waals surface area contributed by atoms with Crippen molar-refractivity contribution in [1.82, 2.24) is 0 Å². The fourth-order valence-corrected chi connectivity index (χ4v) is 3.03. The predicted octanol–water partition coefficient (Wildman–Crippen LogP) is 3.90. The van der Waals surface area contributed by atoms with Crippen LogP contribution in [0.2, 0.25) is 0 Å². The molecule has 0 spiro atoms. The molecule has 0 amide bonds. The normalized spacial score (nSPS) is 11.5. The van der Waals surface area contributed by atoms with Crippen LogP contribution in [-0.4, -0.2) is 8.42 Å². The molecule has 0 atom stereocenters. The summed E-state index contributed by atoms with van der Waals surface area (Å²) in [4.78, 5) is 0.153. The average molecular weight is 281 g/mol. The minimum absolute atomic E-state index is 0.153. The Hall–Kier alpha value is -1.32. The van der Waals surface area contributed by atoms with Crippen LogP contribution in [0.15, 0.2) is 47.4 Å². The maximum atomic E-state index is 11.6. The lowest BCUT2D eigenvalue weighted by Gasteiger charge is -2.11. The van der Waals surface area contributed by atoms with Gasteiger partial charge in [-0.1, -0.05) is 36.4 Å². The molecule has 0 bridgehead atoms. The molecule has 2 nitrogen and oxygen atoms in total. The molecule has 94 valence electrons. The summed E-state index contributed by atoms with van der Waals surface area (Å²) in [5.74, 6) is 0. The summed E-state index contributed by atoms with van der Waals surface area (Å²) in [6, 6.07) is 12.6. The molecular weight excluding hydrogens is 268 g/mol. The van der Waals surface area contributed by atoms with E-state index in [-0.39, 0.29) is 4.90 Å².